The van der Waals surface area contributed by atoms with Gasteiger partial charge in [-0.25, -0.2) is 0 Å². The van der Waals surface area contributed by atoms with Crippen LogP contribution in [0.5, 0.6) is 0 Å². The van der Waals surface area contributed by atoms with Gasteiger partial charge in [-0.05, 0) is 31.7 Å². The van der Waals surface area contributed by atoms with Crippen molar-refractivity contribution in [2.24, 2.45) is 0 Å². The summed E-state index contributed by atoms with van der Waals surface area (Å²) in [4.78, 5) is 12.0. The van der Waals surface area contributed by atoms with Crippen LogP contribution in [0.1, 0.15) is 62.3 Å². The van der Waals surface area contributed by atoms with Gasteiger partial charge in [0.05, 0.1) is 18.4 Å². The first-order chi connectivity index (χ1) is 9.83. The summed E-state index contributed by atoms with van der Waals surface area (Å²) in [6, 6.07) is 2.07. The largest absolute Gasteiger partial charge is 0.469 e. The van der Waals surface area contributed by atoms with E-state index in [4.69, 9.17) is 9.15 Å². The van der Waals surface area contributed by atoms with Crippen LogP contribution in [-0.4, -0.2) is 18.6 Å². The molecule has 1 atom stereocenters. The van der Waals surface area contributed by atoms with Gasteiger partial charge in [0.1, 0.15) is 12.4 Å². The highest BCUT2D eigenvalue weighted by Crippen LogP contribution is 2.30. The Morgan fingerprint density at radius 1 is 1.25 bits per heavy atom. The Labute approximate surface area is 119 Å². The number of fused-ring (bicyclic) bond motifs is 1. The van der Waals surface area contributed by atoms with Gasteiger partial charge in [0.25, 0.3) is 0 Å². The lowest BCUT2D eigenvalue weighted by atomic mass is 9.93. The van der Waals surface area contributed by atoms with Gasteiger partial charge >= 0.3 is 0 Å². The average molecular weight is 277 g/mol. The van der Waals surface area contributed by atoms with Crippen molar-refractivity contribution in [1.29, 1.82) is 0 Å². The lowest BCUT2D eigenvalue weighted by Crippen LogP contribution is -2.34. The van der Waals surface area contributed by atoms with E-state index in [-0.39, 0.29) is 24.7 Å². The molecule has 20 heavy (non-hydrogen) atoms. The summed E-state index contributed by atoms with van der Waals surface area (Å²) in [5.74, 6) is 1.02. The second kappa shape index (κ2) is 6.44. The second-order valence-electron chi connectivity index (χ2n) is 5.88. The first-order valence-electron chi connectivity index (χ1n) is 7.80. The molecule has 4 heteroatoms. The Kier molecular flexibility index (Phi) is 4.41. The monoisotopic (exact) mass is 277 g/mol. The van der Waals surface area contributed by atoms with Gasteiger partial charge in [-0.15, -0.1) is 0 Å². The van der Waals surface area contributed by atoms with Crippen LogP contribution >= 0.6 is 0 Å². The number of furan rings is 1. The molecule has 2 aliphatic rings. The van der Waals surface area contributed by atoms with Gasteiger partial charge < -0.3 is 14.5 Å². The van der Waals surface area contributed by atoms with E-state index in [1.165, 1.54) is 19.3 Å². The molecule has 2 aliphatic carbocycles. The predicted molar refractivity (Wildman–Crippen MR) is 75.4 cm³/mol. The van der Waals surface area contributed by atoms with Gasteiger partial charge in [-0.2, -0.15) is 0 Å². The molecule has 1 aromatic heterocycles. The molecule has 0 aromatic carbocycles. The summed E-state index contributed by atoms with van der Waals surface area (Å²) in [6.45, 7) is 0.189. The zero-order valence-electron chi connectivity index (χ0n) is 11.9. The van der Waals surface area contributed by atoms with Crippen LogP contribution in [0.2, 0.25) is 0 Å². The fourth-order valence-electron chi connectivity index (χ4n) is 3.30. The Morgan fingerprint density at radius 2 is 2.10 bits per heavy atom. The zero-order chi connectivity index (χ0) is 13.8. The topological polar surface area (TPSA) is 51.5 Å². The molecule has 1 N–H and O–H groups in total. The van der Waals surface area contributed by atoms with Crippen molar-refractivity contribution in [2.45, 2.75) is 63.5 Å². The summed E-state index contributed by atoms with van der Waals surface area (Å²) >= 11 is 0. The van der Waals surface area contributed by atoms with Crippen LogP contribution in [-0.2, 0) is 16.0 Å². The van der Waals surface area contributed by atoms with Crippen LogP contribution in [0.25, 0.3) is 0 Å². The number of carbonyl (C=O) groups excluding carboxylic acids is 1. The van der Waals surface area contributed by atoms with E-state index >= 15 is 0 Å². The lowest BCUT2D eigenvalue weighted by Gasteiger charge is -2.24. The Bertz CT molecular complexity index is 448. The lowest BCUT2D eigenvalue weighted by molar-refractivity contribution is -0.129. The van der Waals surface area contributed by atoms with Crippen molar-refractivity contribution >= 4 is 5.91 Å². The van der Waals surface area contributed by atoms with Gasteiger partial charge in [-0.1, -0.05) is 19.3 Å². The first-order valence-corrected chi connectivity index (χ1v) is 7.80. The van der Waals surface area contributed by atoms with Crippen LogP contribution in [0.3, 0.4) is 0 Å². The van der Waals surface area contributed by atoms with Gasteiger partial charge in [0.15, 0.2) is 0 Å². The summed E-state index contributed by atoms with van der Waals surface area (Å²) in [6.07, 6.45) is 11.0. The third-order valence-electron chi connectivity index (χ3n) is 4.39. The molecular formula is C16H23NO3. The van der Waals surface area contributed by atoms with Crippen LogP contribution in [0.4, 0.5) is 0 Å². The third-order valence-corrected chi connectivity index (χ3v) is 4.39. The minimum atomic E-state index is -0.00498. The van der Waals surface area contributed by atoms with Crippen LogP contribution < -0.4 is 5.32 Å². The molecule has 110 valence electrons. The summed E-state index contributed by atoms with van der Waals surface area (Å²) in [5.41, 5.74) is 1.14. The highest BCUT2D eigenvalue weighted by molar-refractivity contribution is 5.77. The minimum Gasteiger partial charge on any atom is -0.469 e. The van der Waals surface area contributed by atoms with Crippen molar-refractivity contribution in [3.8, 4) is 0 Å². The zero-order valence-corrected chi connectivity index (χ0v) is 11.9. The van der Waals surface area contributed by atoms with E-state index in [1.54, 1.807) is 6.26 Å². The Morgan fingerprint density at radius 3 is 2.95 bits per heavy atom. The quantitative estimate of drug-likeness (QED) is 0.920. The molecule has 0 spiro atoms. The number of aryl methyl sites for hydroxylation is 1. The molecule has 0 radical (unpaired) electrons. The fourth-order valence-corrected chi connectivity index (χ4v) is 3.30. The summed E-state index contributed by atoms with van der Waals surface area (Å²) in [7, 11) is 0. The number of rotatable bonds is 4. The van der Waals surface area contributed by atoms with Crippen molar-refractivity contribution < 1.29 is 13.9 Å². The summed E-state index contributed by atoms with van der Waals surface area (Å²) in [5, 5.41) is 3.08. The molecule has 1 amide bonds. The normalized spacial score (nSPS) is 23.3. The van der Waals surface area contributed by atoms with Crippen LogP contribution in [0, 0.1) is 0 Å². The molecule has 1 saturated carbocycles. The molecule has 0 saturated heterocycles. The van der Waals surface area contributed by atoms with Crippen molar-refractivity contribution in [3.63, 3.8) is 0 Å². The van der Waals surface area contributed by atoms with Crippen molar-refractivity contribution in [3.05, 3.63) is 23.7 Å². The van der Waals surface area contributed by atoms with Gasteiger partial charge in [0, 0.05) is 12.0 Å². The maximum atomic E-state index is 12.0. The molecule has 1 aromatic rings. The summed E-state index contributed by atoms with van der Waals surface area (Å²) < 4.78 is 11.2. The second-order valence-corrected chi connectivity index (χ2v) is 5.88. The minimum absolute atomic E-state index is 0.00498. The standard InChI is InChI=1S/C16H23NO3/c18-16(11-20-12-5-2-1-3-6-12)17-14-7-4-8-15-13(14)9-10-19-15/h9-10,12,14H,1-8,11H2,(H,17,18)/t14-/m0/s1. The van der Waals surface area contributed by atoms with Crippen molar-refractivity contribution in [2.75, 3.05) is 6.61 Å². The highest BCUT2D eigenvalue weighted by atomic mass is 16.5. The maximum Gasteiger partial charge on any atom is 0.246 e. The maximum absolute atomic E-state index is 12.0. The number of ether oxygens (including phenoxy) is 1. The molecule has 1 heterocycles. The Balaban J connectivity index is 1.47. The number of nitrogens with one attached hydrogen (secondary N) is 1. The average Bonchev–Trinajstić information content (AvgIpc) is 2.96. The highest BCUT2D eigenvalue weighted by Gasteiger charge is 2.24. The van der Waals surface area contributed by atoms with E-state index in [0.717, 1.165) is 43.4 Å². The van der Waals surface area contributed by atoms with Gasteiger partial charge in [-0.3, -0.25) is 4.79 Å². The number of amides is 1. The molecule has 1 fully saturated rings. The SMILES string of the molecule is O=C(COC1CCCCC1)N[C@H]1CCCc2occc21. The molecular weight excluding hydrogens is 254 g/mol. The number of hydrogen-bond acceptors (Lipinski definition) is 3. The predicted octanol–water partition coefficient (Wildman–Crippen LogP) is 3.12. The molecule has 0 unspecified atom stereocenters. The Hall–Kier alpha value is -1.29. The number of carbonyl (C=O) groups is 1. The van der Waals surface area contributed by atoms with Gasteiger partial charge in [0.2, 0.25) is 5.91 Å². The van der Waals surface area contributed by atoms with E-state index in [9.17, 15) is 4.79 Å². The van der Waals surface area contributed by atoms with E-state index in [2.05, 4.69) is 5.32 Å². The van der Waals surface area contributed by atoms with E-state index in [1.807, 2.05) is 6.07 Å². The molecule has 0 aliphatic heterocycles. The van der Waals surface area contributed by atoms with Crippen LogP contribution in [0.15, 0.2) is 16.7 Å². The first kappa shape index (κ1) is 13.7. The van der Waals surface area contributed by atoms with Crippen molar-refractivity contribution in [1.82, 2.24) is 5.32 Å². The van der Waals surface area contributed by atoms with E-state index < -0.39 is 0 Å². The third kappa shape index (κ3) is 3.23. The molecule has 0 bridgehead atoms. The fraction of sp³-hybridized carbons (Fsp3) is 0.688. The smallest absolute Gasteiger partial charge is 0.246 e. The van der Waals surface area contributed by atoms with E-state index in [0.29, 0.717) is 0 Å². The molecule has 3 rings (SSSR count). The molecule has 4 nitrogen and oxygen atoms in total. The number of hydrogen-bond donors (Lipinski definition) is 1.